The maximum atomic E-state index is 13.0. The van der Waals surface area contributed by atoms with Crippen molar-refractivity contribution < 1.29 is 19.0 Å². The second-order valence-corrected chi connectivity index (χ2v) is 7.95. The van der Waals surface area contributed by atoms with E-state index in [-0.39, 0.29) is 18.3 Å². The van der Waals surface area contributed by atoms with Crippen molar-refractivity contribution in [2.45, 2.75) is 31.9 Å². The molecule has 1 saturated heterocycles. The van der Waals surface area contributed by atoms with Crippen molar-refractivity contribution in [2.24, 2.45) is 0 Å². The molecule has 0 spiro atoms. The van der Waals surface area contributed by atoms with Crippen LogP contribution in [0.15, 0.2) is 42.5 Å². The monoisotopic (exact) mass is 435 g/mol. The second-order valence-electron chi connectivity index (χ2n) is 7.51. The molecule has 30 heavy (non-hydrogen) atoms. The molecule has 1 fully saturated rings. The van der Waals surface area contributed by atoms with E-state index in [1.165, 1.54) is 19.1 Å². The Balaban J connectivity index is 1.42. The van der Waals surface area contributed by atoms with Crippen LogP contribution in [0.4, 0.5) is 15.8 Å². The third kappa shape index (κ3) is 6.86. The number of ether oxygens (including phenoxy) is 1. The number of benzene rings is 2. The normalized spacial score (nSPS) is 16.1. The number of piperidine rings is 1. The molecule has 0 aliphatic carbocycles. The molecule has 2 aromatic carbocycles. The van der Waals surface area contributed by atoms with Crippen LogP contribution in [0, 0.1) is 5.82 Å². The van der Waals surface area contributed by atoms with Crippen LogP contribution in [0.25, 0.3) is 0 Å². The molecule has 3 N–H and O–H groups in total. The Kier molecular flexibility index (Phi) is 7.90. The number of aliphatic hydroxyl groups excluding tert-OH is 1. The van der Waals surface area contributed by atoms with Gasteiger partial charge in [0.1, 0.15) is 24.3 Å². The van der Waals surface area contributed by atoms with Gasteiger partial charge in [-0.15, -0.1) is 0 Å². The minimum atomic E-state index is -0.660. The average molecular weight is 436 g/mol. The molecule has 2 aromatic rings. The molecule has 6 nitrogen and oxygen atoms in total. The smallest absolute Gasteiger partial charge is 0.221 e. The summed E-state index contributed by atoms with van der Waals surface area (Å²) < 4.78 is 18.7. The highest BCUT2D eigenvalue weighted by molar-refractivity contribution is 6.31. The Bertz CT molecular complexity index is 842. The minimum absolute atomic E-state index is 0.113. The number of anilines is 2. The first-order chi connectivity index (χ1) is 14.4. The van der Waals surface area contributed by atoms with Crippen molar-refractivity contribution in [1.29, 1.82) is 0 Å². The number of carbonyl (C=O) groups is 1. The van der Waals surface area contributed by atoms with Crippen LogP contribution in [0.1, 0.15) is 19.8 Å². The van der Waals surface area contributed by atoms with Gasteiger partial charge in [-0.25, -0.2) is 4.39 Å². The maximum absolute atomic E-state index is 13.0. The molecular formula is C22H27ClFN3O3. The van der Waals surface area contributed by atoms with Crippen molar-refractivity contribution in [1.82, 2.24) is 4.90 Å². The second kappa shape index (κ2) is 10.6. The van der Waals surface area contributed by atoms with Crippen molar-refractivity contribution in [3.63, 3.8) is 0 Å². The number of hydrogen-bond acceptors (Lipinski definition) is 5. The van der Waals surface area contributed by atoms with Gasteiger partial charge >= 0.3 is 0 Å². The Labute approximate surface area is 181 Å². The number of aliphatic hydroxyl groups is 1. The summed E-state index contributed by atoms with van der Waals surface area (Å²) in [4.78, 5) is 13.5. The quantitative estimate of drug-likeness (QED) is 0.589. The van der Waals surface area contributed by atoms with E-state index in [9.17, 15) is 14.3 Å². The molecule has 0 aromatic heterocycles. The molecule has 1 amide bonds. The summed E-state index contributed by atoms with van der Waals surface area (Å²) in [5.41, 5.74) is 1.40. The van der Waals surface area contributed by atoms with Gasteiger partial charge < -0.3 is 25.4 Å². The zero-order chi connectivity index (χ0) is 21.5. The Morgan fingerprint density at radius 2 is 1.97 bits per heavy atom. The van der Waals surface area contributed by atoms with Gasteiger partial charge in [-0.1, -0.05) is 11.6 Å². The summed E-state index contributed by atoms with van der Waals surface area (Å²) in [6.45, 7) is 3.74. The molecule has 1 unspecified atom stereocenters. The summed E-state index contributed by atoms with van der Waals surface area (Å²) >= 11 is 5.98. The van der Waals surface area contributed by atoms with E-state index in [2.05, 4.69) is 15.5 Å². The van der Waals surface area contributed by atoms with Gasteiger partial charge in [0.25, 0.3) is 0 Å². The minimum Gasteiger partial charge on any atom is -0.489 e. The first-order valence-electron chi connectivity index (χ1n) is 10.0. The number of amides is 1. The van der Waals surface area contributed by atoms with E-state index >= 15 is 0 Å². The standard InChI is InChI=1S/C22H27ClFN3O3/c1-15(28)25-21-12-16(23)2-7-22(21)30-14-20(29)13-27-10-8-19(9-11-27)26-18-5-3-17(24)4-6-18/h2-7,12,19-20,26,29H,8-11,13-14H2,1H3,(H,25,28). The topological polar surface area (TPSA) is 73.8 Å². The van der Waals surface area contributed by atoms with E-state index < -0.39 is 6.10 Å². The van der Waals surface area contributed by atoms with Crippen LogP contribution in [0.3, 0.4) is 0 Å². The predicted molar refractivity (Wildman–Crippen MR) is 117 cm³/mol. The van der Waals surface area contributed by atoms with E-state index in [0.717, 1.165) is 31.6 Å². The maximum Gasteiger partial charge on any atom is 0.221 e. The lowest BCUT2D eigenvalue weighted by atomic mass is 10.0. The summed E-state index contributed by atoms with van der Waals surface area (Å²) in [5, 5.41) is 17.0. The van der Waals surface area contributed by atoms with Gasteiger partial charge in [-0.3, -0.25) is 4.79 Å². The molecule has 0 saturated carbocycles. The average Bonchev–Trinajstić information content (AvgIpc) is 2.70. The zero-order valence-electron chi connectivity index (χ0n) is 16.9. The van der Waals surface area contributed by atoms with Crippen molar-refractivity contribution >= 4 is 28.9 Å². The summed E-state index contributed by atoms with van der Waals surface area (Å²) in [6.07, 6.45) is 1.22. The van der Waals surface area contributed by atoms with Gasteiger partial charge in [-0.05, 0) is 55.3 Å². The van der Waals surface area contributed by atoms with E-state index in [1.807, 2.05) is 0 Å². The highest BCUT2D eigenvalue weighted by Crippen LogP contribution is 2.28. The molecule has 1 aliphatic rings. The summed E-state index contributed by atoms with van der Waals surface area (Å²) in [5.74, 6) is 0.00464. The number of hydrogen-bond donors (Lipinski definition) is 3. The Morgan fingerprint density at radius 3 is 2.63 bits per heavy atom. The lowest BCUT2D eigenvalue weighted by molar-refractivity contribution is -0.114. The number of likely N-dealkylation sites (tertiary alicyclic amines) is 1. The van der Waals surface area contributed by atoms with Crippen LogP contribution < -0.4 is 15.4 Å². The molecule has 0 bridgehead atoms. The number of carbonyl (C=O) groups excluding carboxylic acids is 1. The fourth-order valence-corrected chi connectivity index (χ4v) is 3.67. The lowest BCUT2D eigenvalue weighted by Crippen LogP contribution is -2.43. The first kappa shape index (κ1) is 22.3. The van der Waals surface area contributed by atoms with Crippen molar-refractivity contribution in [3.05, 3.63) is 53.3 Å². The number of β-amino-alcohol motifs (C(OH)–C–C–N with tert-alkyl or cyclic N) is 1. The predicted octanol–water partition coefficient (Wildman–Crippen LogP) is 3.75. The summed E-state index contributed by atoms with van der Waals surface area (Å²) in [6, 6.07) is 11.7. The molecule has 8 heteroatoms. The van der Waals surface area contributed by atoms with Crippen LogP contribution >= 0.6 is 11.6 Å². The van der Waals surface area contributed by atoms with Crippen molar-refractivity contribution in [2.75, 3.05) is 36.9 Å². The van der Waals surface area contributed by atoms with E-state index in [4.69, 9.17) is 16.3 Å². The largest absolute Gasteiger partial charge is 0.489 e. The number of halogens is 2. The van der Waals surface area contributed by atoms with Gasteiger partial charge in [0.05, 0.1) is 5.69 Å². The van der Waals surface area contributed by atoms with E-state index in [1.54, 1.807) is 30.3 Å². The lowest BCUT2D eigenvalue weighted by Gasteiger charge is -2.34. The van der Waals surface area contributed by atoms with E-state index in [0.29, 0.717) is 29.0 Å². The number of nitrogens with zero attached hydrogens (tertiary/aromatic N) is 1. The molecule has 162 valence electrons. The Hall–Kier alpha value is -2.35. The number of nitrogens with one attached hydrogen (secondary N) is 2. The van der Waals surface area contributed by atoms with Crippen LogP contribution in [0.2, 0.25) is 5.02 Å². The number of rotatable bonds is 8. The van der Waals surface area contributed by atoms with Gasteiger partial charge in [0.15, 0.2) is 0 Å². The molecule has 1 atom stereocenters. The third-order valence-electron chi connectivity index (χ3n) is 4.96. The van der Waals surface area contributed by atoms with Crippen molar-refractivity contribution in [3.8, 4) is 5.75 Å². The molecular weight excluding hydrogens is 409 g/mol. The van der Waals surface area contributed by atoms with Gasteiger partial charge in [0.2, 0.25) is 5.91 Å². The third-order valence-corrected chi connectivity index (χ3v) is 5.19. The first-order valence-corrected chi connectivity index (χ1v) is 10.4. The molecule has 1 heterocycles. The fourth-order valence-electron chi connectivity index (χ4n) is 3.49. The van der Waals surface area contributed by atoms with Crippen LogP contribution in [-0.2, 0) is 4.79 Å². The van der Waals surface area contributed by atoms with Gasteiger partial charge in [-0.2, -0.15) is 0 Å². The highest BCUT2D eigenvalue weighted by Gasteiger charge is 2.21. The molecule has 0 radical (unpaired) electrons. The summed E-state index contributed by atoms with van der Waals surface area (Å²) in [7, 11) is 0. The molecule has 1 aliphatic heterocycles. The zero-order valence-corrected chi connectivity index (χ0v) is 17.7. The Morgan fingerprint density at radius 1 is 1.27 bits per heavy atom. The molecule has 3 rings (SSSR count). The van der Waals surface area contributed by atoms with Gasteiger partial charge in [0, 0.05) is 43.3 Å². The van der Waals surface area contributed by atoms with Crippen LogP contribution in [-0.4, -0.2) is 54.3 Å². The highest BCUT2D eigenvalue weighted by atomic mass is 35.5. The van der Waals surface area contributed by atoms with Crippen LogP contribution in [0.5, 0.6) is 5.75 Å². The SMILES string of the molecule is CC(=O)Nc1cc(Cl)ccc1OCC(O)CN1CCC(Nc2ccc(F)cc2)CC1. The fraction of sp³-hybridized carbons (Fsp3) is 0.409.